The highest BCUT2D eigenvalue weighted by Gasteiger charge is 2.35. The maximum absolute atomic E-state index is 4.01. The maximum Gasteiger partial charge on any atom is 0.0540 e. The zero-order valence-corrected chi connectivity index (χ0v) is 24.2. The van der Waals surface area contributed by atoms with Crippen molar-refractivity contribution >= 4 is 51.1 Å². The van der Waals surface area contributed by atoms with Crippen LogP contribution in [0, 0.1) is 6.92 Å². The van der Waals surface area contributed by atoms with Crippen molar-refractivity contribution in [2.45, 2.75) is 46.5 Å². The number of nitrogens with one attached hydrogen (secondary N) is 1. The average molecular weight is 520 g/mol. The van der Waals surface area contributed by atoms with Gasteiger partial charge in [0.05, 0.1) is 5.69 Å². The van der Waals surface area contributed by atoms with E-state index in [1.165, 1.54) is 65.4 Å². The van der Waals surface area contributed by atoms with E-state index in [1.54, 1.807) is 0 Å². The van der Waals surface area contributed by atoms with E-state index in [0.29, 0.717) is 0 Å². The molecule has 40 heavy (non-hydrogen) atoms. The fraction of sp³-hybridized carbons (Fsp3) is 0.179. The van der Waals surface area contributed by atoms with E-state index in [0.717, 1.165) is 17.8 Å². The third kappa shape index (κ3) is 4.18. The summed E-state index contributed by atoms with van der Waals surface area (Å²) in [4.78, 5) is 0. The van der Waals surface area contributed by atoms with Crippen molar-refractivity contribution in [2.75, 3.05) is 5.32 Å². The molecule has 0 amide bonds. The zero-order chi connectivity index (χ0) is 28.0. The summed E-state index contributed by atoms with van der Waals surface area (Å²) in [7, 11) is 0. The summed E-state index contributed by atoms with van der Waals surface area (Å²) in [5.41, 5.74) is 10.2. The maximum atomic E-state index is 4.01. The van der Waals surface area contributed by atoms with E-state index in [4.69, 9.17) is 0 Å². The number of anilines is 2. The number of hydrogen-bond acceptors (Lipinski definition) is 1. The number of allylic oxidation sites excluding steroid dienone is 2. The summed E-state index contributed by atoms with van der Waals surface area (Å²) in [6.07, 6.45) is 11.7. The molecule has 198 valence electrons. The van der Waals surface area contributed by atoms with Gasteiger partial charge in [0.15, 0.2) is 0 Å². The lowest BCUT2D eigenvalue weighted by Gasteiger charge is -2.22. The highest BCUT2D eigenvalue weighted by Crippen LogP contribution is 2.50. The molecule has 0 bridgehead atoms. The van der Waals surface area contributed by atoms with Crippen molar-refractivity contribution in [1.82, 2.24) is 0 Å². The lowest BCUT2D eigenvalue weighted by atomic mass is 9.82. The van der Waals surface area contributed by atoms with Gasteiger partial charge in [-0.25, -0.2) is 0 Å². The van der Waals surface area contributed by atoms with Crippen LogP contribution in [0.3, 0.4) is 0 Å². The molecule has 5 aromatic carbocycles. The van der Waals surface area contributed by atoms with Gasteiger partial charge >= 0.3 is 0 Å². The second kappa shape index (κ2) is 9.99. The van der Waals surface area contributed by atoms with Gasteiger partial charge in [-0.2, -0.15) is 0 Å². The summed E-state index contributed by atoms with van der Waals surface area (Å²) < 4.78 is 0. The molecule has 0 aromatic heterocycles. The molecule has 1 aliphatic rings. The van der Waals surface area contributed by atoms with Gasteiger partial charge in [0.25, 0.3) is 0 Å². The molecular formula is C39H37N. The first-order chi connectivity index (χ1) is 19.3. The summed E-state index contributed by atoms with van der Waals surface area (Å²) >= 11 is 0. The van der Waals surface area contributed by atoms with Crippen molar-refractivity contribution < 1.29 is 0 Å². The predicted octanol–water partition coefficient (Wildman–Crippen LogP) is 9.54. The van der Waals surface area contributed by atoms with Crippen LogP contribution in [0.1, 0.15) is 56.4 Å². The zero-order valence-electron chi connectivity index (χ0n) is 24.2. The van der Waals surface area contributed by atoms with E-state index in [-0.39, 0.29) is 5.41 Å². The molecule has 5 aromatic rings. The summed E-state index contributed by atoms with van der Waals surface area (Å²) in [5, 5.41) is 11.2. The number of rotatable bonds is 5. The number of benzene rings is 5. The number of aryl methyl sites for hydroxylation is 1. The molecule has 0 atom stereocenters. The van der Waals surface area contributed by atoms with Crippen LogP contribution >= 0.6 is 0 Å². The van der Waals surface area contributed by atoms with Gasteiger partial charge in [-0.3, -0.25) is 0 Å². The van der Waals surface area contributed by atoms with Crippen molar-refractivity contribution in [3.8, 4) is 11.1 Å². The molecule has 6 rings (SSSR count). The first kappa shape index (κ1) is 25.9. The molecule has 0 saturated heterocycles. The van der Waals surface area contributed by atoms with Crippen molar-refractivity contribution in [1.29, 1.82) is 0 Å². The number of hydrogen-bond donors (Lipinski definition) is 1. The van der Waals surface area contributed by atoms with Crippen LogP contribution < -0.4 is 15.8 Å². The van der Waals surface area contributed by atoms with Crippen LogP contribution in [0.15, 0.2) is 91.5 Å². The van der Waals surface area contributed by atoms with E-state index in [9.17, 15) is 0 Å². The molecule has 1 aliphatic carbocycles. The minimum absolute atomic E-state index is 0.0357. The summed E-state index contributed by atoms with van der Waals surface area (Å²) in [5.74, 6) is 0. The van der Waals surface area contributed by atoms with E-state index < -0.39 is 0 Å². The molecule has 0 radical (unpaired) electrons. The van der Waals surface area contributed by atoms with E-state index in [1.807, 2.05) is 6.08 Å². The molecular weight excluding hydrogens is 482 g/mol. The quantitative estimate of drug-likeness (QED) is 0.244. The Morgan fingerprint density at radius 1 is 0.850 bits per heavy atom. The second-order valence-corrected chi connectivity index (χ2v) is 11.4. The number of fused-ring (bicyclic) bond motifs is 5. The van der Waals surface area contributed by atoms with Crippen LogP contribution in [-0.2, 0) is 5.41 Å². The van der Waals surface area contributed by atoms with Crippen molar-refractivity contribution in [2.24, 2.45) is 0 Å². The normalized spacial score (nSPS) is 14.7. The monoisotopic (exact) mass is 519 g/mol. The Hall–Kier alpha value is -4.36. The van der Waals surface area contributed by atoms with Crippen LogP contribution in [0.4, 0.5) is 11.4 Å². The van der Waals surface area contributed by atoms with Crippen LogP contribution in [0.5, 0.6) is 0 Å². The Labute approximate surface area is 237 Å². The van der Waals surface area contributed by atoms with Gasteiger partial charge in [0.2, 0.25) is 0 Å². The fourth-order valence-corrected chi connectivity index (χ4v) is 6.42. The van der Waals surface area contributed by atoms with E-state index in [2.05, 4.69) is 144 Å². The van der Waals surface area contributed by atoms with Crippen molar-refractivity contribution in [3.63, 3.8) is 0 Å². The van der Waals surface area contributed by atoms with Gasteiger partial charge in [-0.15, -0.1) is 0 Å². The Morgan fingerprint density at radius 3 is 2.45 bits per heavy atom. The second-order valence-electron chi connectivity index (χ2n) is 11.4. The lowest BCUT2D eigenvalue weighted by Crippen LogP contribution is -2.27. The van der Waals surface area contributed by atoms with Gasteiger partial charge in [0.1, 0.15) is 0 Å². The average Bonchev–Trinajstić information content (AvgIpc) is 3.17. The Morgan fingerprint density at radius 2 is 1.68 bits per heavy atom. The first-order valence-electron chi connectivity index (χ1n) is 14.3. The van der Waals surface area contributed by atoms with Crippen molar-refractivity contribution in [3.05, 3.63) is 124 Å². The van der Waals surface area contributed by atoms with Gasteiger partial charge < -0.3 is 5.32 Å². The Balaban J connectivity index is 1.59. The minimum atomic E-state index is -0.0357. The third-order valence-corrected chi connectivity index (χ3v) is 8.53. The van der Waals surface area contributed by atoms with Gasteiger partial charge in [-0.05, 0) is 111 Å². The smallest absolute Gasteiger partial charge is 0.0540 e. The summed E-state index contributed by atoms with van der Waals surface area (Å²) in [6.45, 7) is 15.2. The Kier molecular flexibility index (Phi) is 6.47. The molecule has 1 nitrogen and oxygen atoms in total. The lowest BCUT2D eigenvalue weighted by molar-refractivity contribution is 0.661. The largest absolute Gasteiger partial charge is 0.355 e. The highest BCUT2D eigenvalue weighted by molar-refractivity contribution is 6.02. The van der Waals surface area contributed by atoms with Crippen LogP contribution in [0.2, 0.25) is 0 Å². The summed E-state index contributed by atoms with van der Waals surface area (Å²) in [6, 6.07) is 27.3. The molecule has 1 heteroatoms. The SMILES string of the molecule is C=C/C=c1/cc2cc3c(cc2c(Nc2ccc4cc(C)c(/C=C\CC)cc4c2)/c1=C/C)-c1ccccc1C3(C)C. The molecule has 1 N–H and O–H groups in total. The first-order valence-corrected chi connectivity index (χ1v) is 14.3. The standard InChI is InChI=1S/C39H37N/c1-7-10-14-26-20-29-22-31(18-17-27(29)19-25(26)4)40-38-32(9-3)28(13-8-2)21-30-23-37-35(24-34(30)38)33-15-11-12-16-36(33)39(37,5)6/h8-24,40H,2,7H2,1,3-6H3/b14-10-,28-13-,32-9+. The van der Waals surface area contributed by atoms with E-state index >= 15 is 0 Å². The predicted molar refractivity (Wildman–Crippen MR) is 177 cm³/mol. The van der Waals surface area contributed by atoms with Crippen LogP contribution in [-0.4, -0.2) is 0 Å². The minimum Gasteiger partial charge on any atom is -0.355 e. The fourth-order valence-electron chi connectivity index (χ4n) is 6.42. The molecule has 0 saturated carbocycles. The van der Waals surface area contributed by atoms with Gasteiger partial charge in [-0.1, -0.05) is 94.1 Å². The Bertz CT molecular complexity index is 1970. The third-order valence-electron chi connectivity index (χ3n) is 8.53. The highest BCUT2D eigenvalue weighted by atomic mass is 14.9. The molecule has 0 spiro atoms. The molecule has 0 fully saturated rings. The molecule has 0 aliphatic heterocycles. The molecule has 0 unspecified atom stereocenters. The van der Waals surface area contributed by atoms with Gasteiger partial charge in [0, 0.05) is 21.7 Å². The molecule has 0 heterocycles. The van der Waals surface area contributed by atoms with Crippen LogP contribution in [0.25, 0.3) is 50.9 Å². The topological polar surface area (TPSA) is 12.0 Å².